The summed E-state index contributed by atoms with van der Waals surface area (Å²) < 4.78 is 36.7. The zero-order valence-corrected chi connectivity index (χ0v) is 9.87. The summed E-state index contributed by atoms with van der Waals surface area (Å²) in [6.45, 7) is 3.43. The maximum Gasteiger partial charge on any atom is 0.381 e. The highest BCUT2D eigenvalue weighted by atomic mass is 19.3. The van der Waals surface area contributed by atoms with Crippen LogP contribution in [0, 0.1) is 0 Å². The Kier molecular flexibility index (Phi) is 4.04. The number of benzene rings is 1. The normalized spacial score (nSPS) is 11.4. The van der Waals surface area contributed by atoms with Crippen molar-refractivity contribution < 1.29 is 23.0 Å². The molecule has 0 radical (unpaired) electrons. The number of ether oxygens (including phenoxy) is 2. The third-order valence-corrected chi connectivity index (χ3v) is 2.03. The molecule has 0 saturated heterocycles. The van der Waals surface area contributed by atoms with E-state index < -0.39 is 17.5 Å². The zero-order chi connectivity index (χ0) is 13.1. The van der Waals surface area contributed by atoms with Gasteiger partial charge in [-0.05, 0) is 26.0 Å². The van der Waals surface area contributed by atoms with Gasteiger partial charge >= 0.3 is 11.9 Å². The molecular weight excluding hydrogens is 230 g/mol. The molecule has 0 N–H and O–H groups in total. The van der Waals surface area contributed by atoms with Crippen LogP contribution in [0.5, 0.6) is 5.75 Å². The Morgan fingerprint density at radius 3 is 2.41 bits per heavy atom. The lowest BCUT2D eigenvalue weighted by molar-refractivity contribution is -0.170. The van der Waals surface area contributed by atoms with Crippen LogP contribution in [0.1, 0.15) is 19.4 Å². The predicted molar refractivity (Wildman–Crippen MR) is 58.1 cm³/mol. The molecule has 0 fully saturated rings. The number of halogens is 2. The fraction of sp³-hybridized carbons (Fsp3) is 0.417. The van der Waals surface area contributed by atoms with E-state index in [9.17, 15) is 13.6 Å². The first-order valence-corrected chi connectivity index (χ1v) is 5.12. The summed E-state index contributed by atoms with van der Waals surface area (Å²) in [4.78, 5) is 11.0. The van der Waals surface area contributed by atoms with Crippen molar-refractivity contribution in [3.63, 3.8) is 0 Å². The van der Waals surface area contributed by atoms with Crippen molar-refractivity contribution in [2.75, 3.05) is 7.11 Å². The van der Waals surface area contributed by atoms with Gasteiger partial charge < -0.3 is 9.47 Å². The van der Waals surface area contributed by atoms with Gasteiger partial charge in [-0.25, -0.2) is 4.79 Å². The SMILES string of the molecule is COC(=O)C(F)(F)c1ccccc1OC(C)C. The molecule has 0 aliphatic carbocycles. The highest BCUT2D eigenvalue weighted by Crippen LogP contribution is 2.36. The van der Waals surface area contributed by atoms with E-state index in [0.29, 0.717) is 0 Å². The van der Waals surface area contributed by atoms with E-state index >= 15 is 0 Å². The number of hydrogen-bond donors (Lipinski definition) is 0. The molecule has 0 bridgehead atoms. The summed E-state index contributed by atoms with van der Waals surface area (Å²) in [5.41, 5.74) is -0.486. The van der Waals surface area contributed by atoms with Gasteiger partial charge in [-0.2, -0.15) is 8.78 Å². The van der Waals surface area contributed by atoms with Crippen molar-refractivity contribution in [2.45, 2.75) is 25.9 Å². The predicted octanol–water partition coefficient (Wildman–Crippen LogP) is 2.74. The van der Waals surface area contributed by atoms with Gasteiger partial charge in [0, 0.05) is 0 Å². The minimum absolute atomic E-state index is 0.0158. The quantitative estimate of drug-likeness (QED) is 0.764. The van der Waals surface area contributed by atoms with E-state index in [1.165, 1.54) is 12.1 Å². The number of hydrogen-bond acceptors (Lipinski definition) is 3. The molecule has 0 aromatic heterocycles. The largest absolute Gasteiger partial charge is 0.490 e. The summed E-state index contributed by atoms with van der Waals surface area (Å²) >= 11 is 0. The fourth-order valence-corrected chi connectivity index (χ4v) is 1.32. The average Bonchev–Trinajstić information content (AvgIpc) is 2.27. The third-order valence-electron chi connectivity index (χ3n) is 2.03. The molecule has 0 aliphatic heterocycles. The molecule has 0 aliphatic rings. The van der Waals surface area contributed by atoms with Crippen LogP contribution in [-0.2, 0) is 15.5 Å². The van der Waals surface area contributed by atoms with Crippen LogP contribution < -0.4 is 4.74 Å². The van der Waals surface area contributed by atoms with Gasteiger partial charge in [-0.1, -0.05) is 12.1 Å². The van der Waals surface area contributed by atoms with E-state index in [0.717, 1.165) is 13.2 Å². The topological polar surface area (TPSA) is 35.5 Å². The molecule has 1 rings (SSSR count). The Morgan fingerprint density at radius 2 is 1.88 bits per heavy atom. The molecule has 5 heteroatoms. The maximum absolute atomic E-state index is 13.7. The lowest BCUT2D eigenvalue weighted by Crippen LogP contribution is -2.28. The number of carbonyl (C=O) groups excluding carboxylic acids is 1. The van der Waals surface area contributed by atoms with E-state index in [2.05, 4.69) is 4.74 Å². The first kappa shape index (κ1) is 13.4. The highest BCUT2D eigenvalue weighted by molar-refractivity contribution is 5.80. The van der Waals surface area contributed by atoms with Crippen LogP contribution in [0.25, 0.3) is 0 Å². The van der Waals surface area contributed by atoms with Gasteiger partial charge in [0.2, 0.25) is 0 Å². The molecule has 0 unspecified atom stereocenters. The summed E-state index contributed by atoms with van der Waals surface area (Å²) in [5, 5.41) is 0. The number of methoxy groups -OCH3 is 1. The Balaban J connectivity index is 3.16. The molecule has 0 spiro atoms. The minimum atomic E-state index is -3.71. The van der Waals surface area contributed by atoms with Crippen LogP contribution in [-0.4, -0.2) is 19.2 Å². The number of rotatable bonds is 4. The number of alkyl halides is 2. The monoisotopic (exact) mass is 244 g/mol. The van der Waals surface area contributed by atoms with Crippen LogP contribution in [0.4, 0.5) is 8.78 Å². The molecule has 17 heavy (non-hydrogen) atoms. The van der Waals surface area contributed by atoms with Crippen molar-refractivity contribution in [3.8, 4) is 5.75 Å². The fourth-order valence-electron chi connectivity index (χ4n) is 1.32. The van der Waals surface area contributed by atoms with Crippen LogP contribution in [0.2, 0.25) is 0 Å². The molecule has 94 valence electrons. The van der Waals surface area contributed by atoms with Gasteiger partial charge in [-0.3, -0.25) is 0 Å². The first-order chi connectivity index (χ1) is 7.89. The van der Waals surface area contributed by atoms with Crippen molar-refractivity contribution in [1.82, 2.24) is 0 Å². The average molecular weight is 244 g/mol. The van der Waals surface area contributed by atoms with Gasteiger partial charge in [0.25, 0.3) is 0 Å². The molecule has 1 aromatic carbocycles. The van der Waals surface area contributed by atoms with Gasteiger partial charge in [0.15, 0.2) is 0 Å². The smallest absolute Gasteiger partial charge is 0.381 e. The van der Waals surface area contributed by atoms with Crippen LogP contribution in [0.15, 0.2) is 24.3 Å². The molecule has 0 atom stereocenters. The lowest BCUT2D eigenvalue weighted by atomic mass is 10.1. The van der Waals surface area contributed by atoms with E-state index in [1.807, 2.05) is 0 Å². The van der Waals surface area contributed by atoms with Gasteiger partial charge in [0.05, 0.1) is 18.8 Å². The van der Waals surface area contributed by atoms with Crippen molar-refractivity contribution in [1.29, 1.82) is 0 Å². The zero-order valence-electron chi connectivity index (χ0n) is 9.87. The third kappa shape index (κ3) is 2.93. The van der Waals surface area contributed by atoms with Crippen LogP contribution >= 0.6 is 0 Å². The van der Waals surface area contributed by atoms with Gasteiger partial charge in [-0.15, -0.1) is 0 Å². The second-order valence-electron chi connectivity index (χ2n) is 3.73. The summed E-state index contributed by atoms with van der Waals surface area (Å²) in [5.74, 6) is -5.32. The van der Waals surface area contributed by atoms with E-state index in [1.54, 1.807) is 19.9 Å². The Bertz CT molecular complexity index is 402. The van der Waals surface area contributed by atoms with Gasteiger partial charge in [0.1, 0.15) is 5.75 Å². The number of carbonyl (C=O) groups is 1. The summed E-state index contributed by atoms with van der Waals surface area (Å²) in [6, 6.07) is 5.52. The van der Waals surface area contributed by atoms with E-state index in [4.69, 9.17) is 4.74 Å². The Labute approximate surface area is 98.3 Å². The standard InChI is InChI=1S/C12H14F2O3/c1-8(2)17-10-7-5-4-6-9(10)12(13,14)11(15)16-3/h4-8H,1-3H3. The van der Waals surface area contributed by atoms with Crippen molar-refractivity contribution >= 4 is 5.97 Å². The molecule has 0 amide bonds. The van der Waals surface area contributed by atoms with Crippen LogP contribution in [0.3, 0.4) is 0 Å². The van der Waals surface area contributed by atoms with Crippen molar-refractivity contribution in [3.05, 3.63) is 29.8 Å². The molecule has 0 heterocycles. The first-order valence-electron chi connectivity index (χ1n) is 5.12. The molecule has 3 nitrogen and oxygen atoms in total. The number of para-hydroxylation sites is 1. The summed E-state index contributed by atoms with van der Waals surface area (Å²) in [7, 11) is 0.919. The minimum Gasteiger partial charge on any atom is -0.490 e. The molecule has 0 saturated carbocycles. The molecular formula is C12H14F2O3. The second kappa shape index (κ2) is 5.12. The van der Waals surface area contributed by atoms with E-state index in [-0.39, 0.29) is 11.9 Å². The Morgan fingerprint density at radius 1 is 1.29 bits per heavy atom. The highest BCUT2D eigenvalue weighted by Gasteiger charge is 2.44. The molecule has 1 aromatic rings. The lowest BCUT2D eigenvalue weighted by Gasteiger charge is -2.19. The number of esters is 1. The maximum atomic E-state index is 13.7. The second-order valence-corrected chi connectivity index (χ2v) is 3.73. The Hall–Kier alpha value is -1.65. The summed E-state index contributed by atoms with van der Waals surface area (Å²) in [6.07, 6.45) is -0.260. The van der Waals surface area contributed by atoms with Crippen molar-refractivity contribution in [2.24, 2.45) is 0 Å².